The van der Waals surface area contributed by atoms with E-state index in [9.17, 15) is 0 Å². The number of aliphatic hydroxyl groups excluding tert-OH is 1. The Morgan fingerprint density at radius 3 is 3.08 bits per heavy atom. The molecule has 1 aromatic heterocycles. The Bertz CT molecular complexity index is 309. The molecule has 1 aromatic rings. The first kappa shape index (κ1) is 8.76. The fourth-order valence-corrected chi connectivity index (χ4v) is 0.827. The Labute approximate surface area is 72.3 Å². The van der Waals surface area contributed by atoms with E-state index in [1.807, 2.05) is 13.0 Å². The van der Waals surface area contributed by atoms with Crippen LogP contribution in [0.4, 0.5) is 0 Å². The zero-order chi connectivity index (χ0) is 8.81. The predicted octanol–water partition coefficient (Wildman–Crippen LogP) is 1.12. The summed E-state index contributed by atoms with van der Waals surface area (Å²) < 4.78 is 0. The molecule has 0 saturated heterocycles. The van der Waals surface area contributed by atoms with E-state index in [-0.39, 0.29) is 6.61 Å². The second-order valence-corrected chi connectivity index (χ2v) is 2.47. The van der Waals surface area contributed by atoms with Gasteiger partial charge < -0.3 is 5.11 Å². The highest BCUT2D eigenvalue weighted by molar-refractivity contribution is 5.38. The van der Waals surface area contributed by atoms with Crippen molar-refractivity contribution in [3.8, 4) is 11.8 Å². The van der Waals surface area contributed by atoms with Crippen LogP contribution in [0.3, 0.4) is 0 Å². The summed E-state index contributed by atoms with van der Waals surface area (Å²) in [6.45, 7) is 2.09. The highest BCUT2D eigenvalue weighted by Gasteiger charge is 1.90. The van der Waals surface area contributed by atoms with E-state index in [0.29, 0.717) is 6.42 Å². The van der Waals surface area contributed by atoms with Crippen LogP contribution in [0.1, 0.15) is 17.5 Å². The van der Waals surface area contributed by atoms with Crippen LogP contribution in [0.15, 0.2) is 18.5 Å². The van der Waals surface area contributed by atoms with Crippen LogP contribution < -0.4 is 0 Å². The molecule has 0 spiro atoms. The van der Waals surface area contributed by atoms with Crippen LogP contribution in [0.5, 0.6) is 0 Å². The summed E-state index contributed by atoms with van der Waals surface area (Å²) in [5.74, 6) is 5.83. The maximum Gasteiger partial charge on any atom is 0.0540 e. The lowest BCUT2D eigenvalue weighted by molar-refractivity contribution is 0.305. The van der Waals surface area contributed by atoms with Gasteiger partial charge >= 0.3 is 0 Å². The lowest BCUT2D eigenvalue weighted by Gasteiger charge is -1.93. The summed E-state index contributed by atoms with van der Waals surface area (Å²) in [5, 5.41) is 8.50. The molecule has 62 valence electrons. The Hall–Kier alpha value is -1.33. The average molecular weight is 161 g/mol. The summed E-state index contributed by atoms with van der Waals surface area (Å²) >= 11 is 0. The van der Waals surface area contributed by atoms with Crippen LogP contribution in [0.25, 0.3) is 0 Å². The number of nitrogens with zero attached hydrogens (tertiary/aromatic N) is 1. The van der Waals surface area contributed by atoms with Gasteiger partial charge in [0.15, 0.2) is 0 Å². The highest BCUT2D eigenvalue weighted by Crippen LogP contribution is 2.01. The number of rotatable bonds is 1. The molecule has 0 atom stereocenters. The van der Waals surface area contributed by atoms with Crippen molar-refractivity contribution in [3.05, 3.63) is 29.6 Å². The van der Waals surface area contributed by atoms with Crippen LogP contribution >= 0.6 is 0 Å². The molecule has 0 radical (unpaired) electrons. The van der Waals surface area contributed by atoms with Crippen molar-refractivity contribution in [2.24, 2.45) is 0 Å². The number of aryl methyl sites for hydroxylation is 1. The summed E-state index contributed by atoms with van der Waals surface area (Å²) in [5.41, 5.74) is 2.06. The Kier molecular flexibility index (Phi) is 3.31. The molecule has 0 fully saturated rings. The van der Waals surface area contributed by atoms with Crippen molar-refractivity contribution in [2.45, 2.75) is 13.3 Å². The van der Waals surface area contributed by atoms with Gasteiger partial charge in [0, 0.05) is 24.4 Å². The molecule has 1 heterocycles. The van der Waals surface area contributed by atoms with Crippen molar-refractivity contribution >= 4 is 0 Å². The van der Waals surface area contributed by atoms with E-state index in [4.69, 9.17) is 5.11 Å². The number of aliphatic hydroxyl groups is 1. The predicted molar refractivity (Wildman–Crippen MR) is 47.6 cm³/mol. The topological polar surface area (TPSA) is 33.1 Å². The number of hydrogen-bond donors (Lipinski definition) is 1. The molecule has 0 amide bonds. The maximum absolute atomic E-state index is 8.50. The summed E-state index contributed by atoms with van der Waals surface area (Å²) in [7, 11) is 0. The molecule has 1 rings (SSSR count). The molecular formula is C10H11NO. The zero-order valence-corrected chi connectivity index (χ0v) is 7.04. The molecule has 0 bridgehead atoms. The van der Waals surface area contributed by atoms with Gasteiger partial charge in [-0.25, -0.2) is 0 Å². The minimum absolute atomic E-state index is 0.122. The first-order valence-corrected chi connectivity index (χ1v) is 3.85. The molecule has 1 N–H and O–H groups in total. The Balaban J connectivity index is 2.77. The van der Waals surface area contributed by atoms with Crippen molar-refractivity contribution in [1.82, 2.24) is 4.98 Å². The first-order chi connectivity index (χ1) is 5.84. The molecule has 0 unspecified atom stereocenters. The van der Waals surface area contributed by atoms with Gasteiger partial charge in [-0.1, -0.05) is 11.8 Å². The van der Waals surface area contributed by atoms with Crippen molar-refractivity contribution < 1.29 is 5.11 Å². The van der Waals surface area contributed by atoms with Crippen molar-refractivity contribution in [3.63, 3.8) is 0 Å². The minimum atomic E-state index is 0.122. The normalized spacial score (nSPS) is 8.83. The van der Waals surface area contributed by atoms with Crippen LogP contribution in [-0.2, 0) is 0 Å². The minimum Gasteiger partial charge on any atom is -0.395 e. The third-order valence-electron chi connectivity index (χ3n) is 1.48. The largest absolute Gasteiger partial charge is 0.395 e. The van der Waals surface area contributed by atoms with Crippen LogP contribution in [0, 0.1) is 18.8 Å². The van der Waals surface area contributed by atoms with Crippen molar-refractivity contribution in [1.29, 1.82) is 0 Å². The van der Waals surface area contributed by atoms with Gasteiger partial charge in [0.05, 0.1) is 6.61 Å². The number of aromatic nitrogens is 1. The van der Waals surface area contributed by atoms with Gasteiger partial charge in [0.25, 0.3) is 0 Å². The highest BCUT2D eigenvalue weighted by atomic mass is 16.2. The molecule has 0 saturated carbocycles. The first-order valence-electron chi connectivity index (χ1n) is 3.85. The lowest BCUT2D eigenvalue weighted by Crippen LogP contribution is -1.83. The molecule has 2 heteroatoms. The Morgan fingerprint density at radius 1 is 1.58 bits per heavy atom. The molecular weight excluding hydrogens is 150 g/mol. The number of pyridine rings is 1. The molecule has 0 aromatic carbocycles. The Morgan fingerprint density at radius 2 is 2.42 bits per heavy atom. The molecule has 0 aliphatic rings. The van der Waals surface area contributed by atoms with Gasteiger partial charge in [-0.2, -0.15) is 0 Å². The molecule has 2 nitrogen and oxygen atoms in total. The molecule has 12 heavy (non-hydrogen) atoms. The SMILES string of the molecule is Cc1cnccc1C#CCCO. The van der Waals surface area contributed by atoms with Crippen molar-refractivity contribution in [2.75, 3.05) is 6.61 Å². The van der Waals surface area contributed by atoms with E-state index in [1.165, 1.54) is 0 Å². The van der Waals surface area contributed by atoms with Gasteiger partial charge in [-0.05, 0) is 18.6 Å². The van der Waals surface area contributed by atoms with Gasteiger partial charge in [0.2, 0.25) is 0 Å². The second-order valence-electron chi connectivity index (χ2n) is 2.47. The third kappa shape index (κ3) is 2.37. The lowest BCUT2D eigenvalue weighted by atomic mass is 10.2. The van der Waals surface area contributed by atoms with Gasteiger partial charge in [-0.15, -0.1) is 0 Å². The van der Waals surface area contributed by atoms with E-state index in [0.717, 1.165) is 11.1 Å². The summed E-state index contributed by atoms with van der Waals surface area (Å²) in [4.78, 5) is 3.96. The smallest absolute Gasteiger partial charge is 0.0540 e. The zero-order valence-electron chi connectivity index (χ0n) is 7.04. The van der Waals surface area contributed by atoms with E-state index >= 15 is 0 Å². The standard InChI is InChI=1S/C10H11NO/c1-9-8-11-6-5-10(9)4-2-3-7-12/h5-6,8,12H,3,7H2,1H3. The summed E-state index contributed by atoms with van der Waals surface area (Å²) in [6.07, 6.45) is 4.03. The fraction of sp³-hybridized carbons (Fsp3) is 0.300. The third-order valence-corrected chi connectivity index (χ3v) is 1.48. The molecule has 0 aliphatic carbocycles. The monoisotopic (exact) mass is 161 g/mol. The fourth-order valence-electron chi connectivity index (χ4n) is 0.827. The van der Waals surface area contributed by atoms with E-state index < -0.39 is 0 Å². The van der Waals surface area contributed by atoms with Crippen LogP contribution in [0.2, 0.25) is 0 Å². The summed E-state index contributed by atoms with van der Waals surface area (Å²) in [6, 6.07) is 1.87. The number of hydrogen-bond acceptors (Lipinski definition) is 2. The van der Waals surface area contributed by atoms with E-state index in [2.05, 4.69) is 16.8 Å². The quantitative estimate of drug-likeness (QED) is 0.626. The van der Waals surface area contributed by atoms with Gasteiger partial charge in [-0.3, -0.25) is 4.98 Å². The van der Waals surface area contributed by atoms with Crippen LogP contribution in [-0.4, -0.2) is 16.7 Å². The second kappa shape index (κ2) is 4.53. The maximum atomic E-state index is 8.50. The van der Waals surface area contributed by atoms with Gasteiger partial charge in [0.1, 0.15) is 0 Å². The average Bonchev–Trinajstić information content (AvgIpc) is 2.09. The van der Waals surface area contributed by atoms with E-state index in [1.54, 1.807) is 12.4 Å². The molecule has 0 aliphatic heterocycles.